The number of likely N-dealkylation sites (tertiary alicyclic amines) is 1. The predicted octanol–water partition coefficient (Wildman–Crippen LogP) is 4.12. The third-order valence-corrected chi connectivity index (χ3v) is 5.73. The lowest BCUT2D eigenvalue weighted by molar-refractivity contribution is 0.113. The molecule has 3 unspecified atom stereocenters. The first kappa shape index (κ1) is 15.1. The molecule has 0 aromatic heterocycles. The molecule has 3 atom stereocenters. The van der Waals surface area contributed by atoms with E-state index in [4.69, 9.17) is 5.73 Å². The second-order valence-electron chi connectivity index (χ2n) is 6.90. The van der Waals surface area contributed by atoms with Crippen molar-refractivity contribution in [2.75, 3.05) is 6.54 Å². The van der Waals surface area contributed by atoms with Crippen LogP contribution >= 0.6 is 0 Å². The Balaban J connectivity index is 1.75. The summed E-state index contributed by atoms with van der Waals surface area (Å²) < 4.78 is 0. The van der Waals surface area contributed by atoms with E-state index in [1.54, 1.807) is 0 Å². The summed E-state index contributed by atoms with van der Waals surface area (Å²) in [6.07, 6.45) is 9.67. The quantitative estimate of drug-likeness (QED) is 0.882. The van der Waals surface area contributed by atoms with Crippen LogP contribution in [0.4, 0.5) is 0 Å². The number of benzene rings is 1. The largest absolute Gasteiger partial charge is 0.323 e. The van der Waals surface area contributed by atoms with Crippen LogP contribution in [0.25, 0.3) is 0 Å². The summed E-state index contributed by atoms with van der Waals surface area (Å²) in [5.74, 6) is 0.935. The molecule has 21 heavy (non-hydrogen) atoms. The molecule has 1 aliphatic heterocycles. The summed E-state index contributed by atoms with van der Waals surface area (Å²) in [4.78, 5) is 2.77. The van der Waals surface area contributed by atoms with E-state index in [-0.39, 0.29) is 6.04 Å². The summed E-state index contributed by atoms with van der Waals surface area (Å²) in [6, 6.07) is 12.1. The zero-order valence-corrected chi connectivity index (χ0v) is 13.4. The lowest BCUT2D eigenvalue weighted by atomic mass is 9.91. The number of hydrogen-bond acceptors (Lipinski definition) is 2. The molecule has 1 aliphatic carbocycles. The van der Waals surface area contributed by atoms with Crippen molar-refractivity contribution in [1.82, 2.24) is 4.90 Å². The van der Waals surface area contributed by atoms with Crippen LogP contribution in [0.15, 0.2) is 30.3 Å². The van der Waals surface area contributed by atoms with Gasteiger partial charge in [-0.15, -0.1) is 0 Å². The average molecular weight is 286 g/mol. The van der Waals surface area contributed by atoms with E-state index in [0.717, 1.165) is 18.4 Å². The first-order valence-electron chi connectivity index (χ1n) is 8.87. The van der Waals surface area contributed by atoms with Crippen LogP contribution in [0, 0.1) is 5.92 Å². The Bertz CT molecular complexity index is 424. The van der Waals surface area contributed by atoms with Crippen LogP contribution < -0.4 is 5.73 Å². The molecule has 3 rings (SSSR count). The second kappa shape index (κ2) is 6.93. The van der Waals surface area contributed by atoms with Crippen LogP contribution in [-0.4, -0.2) is 23.5 Å². The summed E-state index contributed by atoms with van der Waals surface area (Å²) >= 11 is 0. The van der Waals surface area contributed by atoms with Gasteiger partial charge in [0.2, 0.25) is 0 Å². The highest BCUT2D eigenvalue weighted by Gasteiger charge is 2.38. The van der Waals surface area contributed by atoms with Crippen molar-refractivity contribution >= 4 is 0 Å². The maximum atomic E-state index is 6.65. The molecule has 1 saturated heterocycles. The molecule has 0 amide bonds. The summed E-state index contributed by atoms with van der Waals surface area (Å²) in [5.41, 5.74) is 7.94. The lowest BCUT2D eigenvalue weighted by Gasteiger charge is -2.39. The first-order valence-corrected chi connectivity index (χ1v) is 8.87. The Hall–Kier alpha value is -0.860. The van der Waals surface area contributed by atoms with Gasteiger partial charge in [-0.05, 0) is 50.1 Å². The molecule has 0 radical (unpaired) electrons. The third kappa shape index (κ3) is 3.17. The van der Waals surface area contributed by atoms with Crippen molar-refractivity contribution in [1.29, 1.82) is 0 Å². The van der Waals surface area contributed by atoms with Crippen LogP contribution in [-0.2, 0) is 0 Å². The summed E-state index contributed by atoms with van der Waals surface area (Å²) in [7, 11) is 0. The molecular weight excluding hydrogens is 256 g/mol. The molecule has 1 aromatic rings. The van der Waals surface area contributed by atoms with Crippen LogP contribution in [0.3, 0.4) is 0 Å². The molecular formula is C19H30N2. The van der Waals surface area contributed by atoms with Gasteiger partial charge in [0.15, 0.2) is 0 Å². The normalized spacial score (nSPS) is 27.0. The summed E-state index contributed by atoms with van der Waals surface area (Å²) in [5, 5.41) is 0. The van der Waals surface area contributed by atoms with Crippen molar-refractivity contribution < 1.29 is 0 Å². The van der Waals surface area contributed by atoms with Gasteiger partial charge in [0.1, 0.15) is 0 Å². The zero-order chi connectivity index (χ0) is 14.7. The van der Waals surface area contributed by atoms with Crippen LogP contribution in [0.1, 0.15) is 63.5 Å². The van der Waals surface area contributed by atoms with E-state index in [2.05, 4.69) is 42.2 Å². The second-order valence-corrected chi connectivity index (χ2v) is 6.90. The van der Waals surface area contributed by atoms with Crippen LogP contribution in [0.2, 0.25) is 0 Å². The van der Waals surface area contributed by atoms with Gasteiger partial charge in [0.25, 0.3) is 0 Å². The number of nitrogens with zero attached hydrogens (tertiary/aromatic N) is 1. The van der Waals surface area contributed by atoms with E-state index in [0.29, 0.717) is 6.04 Å². The van der Waals surface area contributed by atoms with Gasteiger partial charge >= 0.3 is 0 Å². The molecule has 1 saturated carbocycles. The number of rotatable bonds is 5. The van der Waals surface area contributed by atoms with Crippen molar-refractivity contribution in [2.45, 2.75) is 70.0 Å². The van der Waals surface area contributed by atoms with Crippen molar-refractivity contribution in [3.63, 3.8) is 0 Å². The molecule has 2 heteroatoms. The van der Waals surface area contributed by atoms with Gasteiger partial charge in [-0.3, -0.25) is 4.90 Å². The molecule has 2 nitrogen and oxygen atoms in total. The van der Waals surface area contributed by atoms with E-state index in [1.165, 1.54) is 50.6 Å². The fraction of sp³-hybridized carbons (Fsp3) is 0.684. The average Bonchev–Trinajstić information content (AvgIpc) is 3.19. The smallest absolute Gasteiger partial charge is 0.0453 e. The first-order chi connectivity index (χ1) is 10.3. The molecule has 0 bridgehead atoms. The van der Waals surface area contributed by atoms with E-state index in [9.17, 15) is 0 Å². The minimum atomic E-state index is 0.151. The molecule has 2 N–H and O–H groups in total. The zero-order valence-electron chi connectivity index (χ0n) is 13.4. The standard InChI is InChI=1S/C19H30N2/c1-2-17(19(20)16-11-4-3-5-12-16)21-14-8-13-18(21)15-9-6-7-10-15/h3-5,11-12,15,17-19H,2,6-10,13-14,20H2,1H3. The SMILES string of the molecule is CCC(C(N)c1ccccc1)N1CCCC1C1CCCC1. The minimum absolute atomic E-state index is 0.151. The molecule has 2 aliphatic rings. The Morgan fingerprint density at radius 3 is 2.48 bits per heavy atom. The monoisotopic (exact) mass is 286 g/mol. The van der Waals surface area contributed by atoms with Gasteiger partial charge in [0, 0.05) is 18.1 Å². The number of nitrogens with two attached hydrogens (primary N) is 1. The molecule has 1 heterocycles. The molecule has 1 aromatic carbocycles. The van der Waals surface area contributed by atoms with E-state index >= 15 is 0 Å². The van der Waals surface area contributed by atoms with Gasteiger partial charge in [0.05, 0.1) is 0 Å². The minimum Gasteiger partial charge on any atom is -0.323 e. The lowest BCUT2D eigenvalue weighted by Crippen LogP contribution is -2.47. The highest BCUT2D eigenvalue weighted by Crippen LogP contribution is 2.38. The predicted molar refractivity (Wildman–Crippen MR) is 89.1 cm³/mol. The third-order valence-electron chi connectivity index (χ3n) is 5.73. The Kier molecular flexibility index (Phi) is 4.97. The summed E-state index contributed by atoms with van der Waals surface area (Å²) in [6.45, 7) is 3.55. The fourth-order valence-electron chi connectivity index (χ4n) is 4.67. The van der Waals surface area contributed by atoms with Gasteiger partial charge in [-0.1, -0.05) is 50.1 Å². The van der Waals surface area contributed by atoms with Gasteiger partial charge < -0.3 is 5.73 Å². The van der Waals surface area contributed by atoms with Gasteiger partial charge in [-0.2, -0.15) is 0 Å². The van der Waals surface area contributed by atoms with Crippen LogP contribution in [0.5, 0.6) is 0 Å². The fourth-order valence-corrected chi connectivity index (χ4v) is 4.67. The highest BCUT2D eigenvalue weighted by atomic mass is 15.2. The van der Waals surface area contributed by atoms with E-state index in [1.807, 2.05) is 0 Å². The topological polar surface area (TPSA) is 29.3 Å². The van der Waals surface area contributed by atoms with Gasteiger partial charge in [-0.25, -0.2) is 0 Å². The van der Waals surface area contributed by atoms with Crippen molar-refractivity contribution in [3.05, 3.63) is 35.9 Å². The maximum Gasteiger partial charge on any atom is 0.0453 e. The van der Waals surface area contributed by atoms with Crippen molar-refractivity contribution in [2.24, 2.45) is 11.7 Å². The highest BCUT2D eigenvalue weighted by molar-refractivity contribution is 5.20. The number of hydrogen-bond donors (Lipinski definition) is 1. The maximum absolute atomic E-state index is 6.65. The molecule has 0 spiro atoms. The van der Waals surface area contributed by atoms with E-state index < -0.39 is 0 Å². The molecule has 2 fully saturated rings. The van der Waals surface area contributed by atoms with Crippen molar-refractivity contribution in [3.8, 4) is 0 Å². The Labute approximate surface area is 129 Å². The Morgan fingerprint density at radius 2 is 1.81 bits per heavy atom. The molecule has 116 valence electrons. The Morgan fingerprint density at radius 1 is 1.10 bits per heavy atom.